The number of rotatable bonds is 8. The molecule has 1 aliphatic rings. The molecule has 0 aromatic rings. The average molecular weight is 243 g/mol. The predicted molar refractivity (Wildman–Crippen MR) is 68.0 cm³/mol. The van der Waals surface area contributed by atoms with Crippen molar-refractivity contribution in [2.45, 2.75) is 19.3 Å². The molecule has 0 atom stereocenters. The van der Waals surface area contributed by atoms with Crippen LogP contribution in [0.4, 0.5) is 0 Å². The summed E-state index contributed by atoms with van der Waals surface area (Å²) in [6.45, 7) is 6.96. The highest BCUT2D eigenvalue weighted by Gasteiger charge is 2.08. The van der Waals surface area contributed by atoms with E-state index in [-0.39, 0.29) is 5.91 Å². The summed E-state index contributed by atoms with van der Waals surface area (Å²) in [6.07, 6.45) is 2.41. The number of methoxy groups -OCH3 is 1. The first-order chi connectivity index (χ1) is 8.33. The molecule has 1 aliphatic heterocycles. The largest absolute Gasteiger partial charge is 0.385 e. The van der Waals surface area contributed by atoms with Crippen LogP contribution in [0.15, 0.2) is 0 Å². The van der Waals surface area contributed by atoms with Crippen molar-refractivity contribution in [1.82, 2.24) is 15.5 Å². The minimum absolute atomic E-state index is 0.141. The van der Waals surface area contributed by atoms with Crippen molar-refractivity contribution in [3.63, 3.8) is 0 Å². The highest BCUT2D eigenvalue weighted by Crippen LogP contribution is 1.94. The Morgan fingerprint density at radius 2 is 2.12 bits per heavy atom. The summed E-state index contributed by atoms with van der Waals surface area (Å²) in [5.41, 5.74) is 0. The number of nitrogens with one attached hydrogen (secondary N) is 2. The molecule has 17 heavy (non-hydrogen) atoms. The van der Waals surface area contributed by atoms with Gasteiger partial charge in [0.05, 0.1) is 0 Å². The van der Waals surface area contributed by atoms with E-state index >= 15 is 0 Å². The van der Waals surface area contributed by atoms with Crippen LogP contribution in [0.1, 0.15) is 19.3 Å². The molecule has 1 rings (SSSR count). The maximum Gasteiger partial charge on any atom is 0.220 e. The van der Waals surface area contributed by atoms with Crippen LogP contribution in [0.25, 0.3) is 0 Å². The van der Waals surface area contributed by atoms with Gasteiger partial charge in [0.1, 0.15) is 0 Å². The standard InChI is InChI=1S/C12H25N3O2/c1-17-11-2-4-12(16)14-5-3-8-15-9-6-13-7-10-15/h13H,2-11H2,1H3,(H,14,16). The second kappa shape index (κ2) is 9.39. The van der Waals surface area contributed by atoms with Gasteiger partial charge in [-0.15, -0.1) is 0 Å². The van der Waals surface area contributed by atoms with Crippen LogP contribution in [-0.2, 0) is 9.53 Å². The van der Waals surface area contributed by atoms with Crippen LogP contribution in [0.5, 0.6) is 0 Å². The molecule has 0 saturated carbocycles. The average Bonchev–Trinajstić information content (AvgIpc) is 2.36. The van der Waals surface area contributed by atoms with E-state index in [9.17, 15) is 4.79 Å². The van der Waals surface area contributed by atoms with Gasteiger partial charge >= 0.3 is 0 Å². The Labute approximate surface area is 104 Å². The first-order valence-corrected chi connectivity index (χ1v) is 6.51. The fraction of sp³-hybridized carbons (Fsp3) is 0.917. The summed E-state index contributed by atoms with van der Waals surface area (Å²) >= 11 is 0. The van der Waals surface area contributed by atoms with E-state index in [4.69, 9.17) is 4.74 Å². The minimum Gasteiger partial charge on any atom is -0.385 e. The van der Waals surface area contributed by atoms with Crippen LogP contribution in [0.3, 0.4) is 0 Å². The monoisotopic (exact) mass is 243 g/mol. The molecule has 0 bridgehead atoms. The number of ether oxygens (including phenoxy) is 1. The molecular weight excluding hydrogens is 218 g/mol. The maximum atomic E-state index is 11.4. The zero-order valence-corrected chi connectivity index (χ0v) is 10.8. The van der Waals surface area contributed by atoms with Gasteiger partial charge in [0.2, 0.25) is 5.91 Å². The molecule has 2 N–H and O–H groups in total. The predicted octanol–water partition coefficient (Wildman–Crippen LogP) is -0.175. The third-order valence-corrected chi connectivity index (χ3v) is 2.94. The third kappa shape index (κ3) is 7.31. The molecule has 0 spiro atoms. The molecule has 1 heterocycles. The molecule has 0 aliphatic carbocycles. The minimum atomic E-state index is 0.141. The zero-order valence-electron chi connectivity index (χ0n) is 10.8. The van der Waals surface area contributed by atoms with Crippen molar-refractivity contribution in [2.75, 3.05) is 53.0 Å². The normalized spacial score (nSPS) is 17.0. The SMILES string of the molecule is COCCCC(=O)NCCCN1CCNCC1. The van der Waals surface area contributed by atoms with E-state index in [0.29, 0.717) is 13.0 Å². The van der Waals surface area contributed by atoms with Gasteiger partial charge in [0, 0.05) is 52.9 Å². The van der Waals surface area contributed by atoms with Crippen molar-refractivity contribution in [3.05, 3.63) is 0 Å². The summed E-state index contributed by atoms with van der Waals surface area (Å²) in [7, 11) is 1.66. The maximum absolute atomic E-state index is 11.4. The molecule has 0 aromatic heterocycles. The summed E-state index contributed by atoms with van der Waals surface area (Å²) < 4.78 is 4.90. The van der Waals surface area contributed by atoms with Gasteiger partial charge in [-0.05, 0) is 19.4 Å². The van der Waals surface area contributed by atoms with Crippen LogP contribution in [0, 0.1) is 0 Å². The van der Waals surface area contributed by atoms with E-state index in [1.54, 1.807) is 7.11 Å². The Hall–Kier alpha value is -0.650. The lowest BCUT2D eigenvalue weighted by molar-refractivity contribution is -0.121. The Bertz CT molecular complexity index is 206. The highest BCUT2D eigenvalue weighted by atomic mass is 16.5. The first-order valence-electron chi connectivity index (χ1n) is 6.51. The highest BCUT2D eigenvalue weighted by molar-refractivity contribution is 5.75. The second-order valence-corrected chi connectivity index (χ2v) is 4.39. The molecule has 1 saturated heterocycles. The van der Waals surface area contributed by atoms with Crippen LogP contribution in [0.2, 0.25) is 0 Å². The summed E-state index contributed by atoms with van der Waals surface area (Å²) in [6, 6.07) is 0. The van der Waals surface area contributed by atoms with Crippen molar-refractivity contribution in [1.29, 1.82) is 0 Å². The lowest BCUT2D eigenvalue weighted by Gasteiger charge is -2.27. The molecule has 100 valence electrons. The molecule has 1 amide bonds. The van der Waals surface area contributed by atoms with E-state index in [2.05, 4.69) is 15.5 Å². The van der Waals surface area contributed by atoms with Gasteiger partial charge in [0.25, 0.3) is 0 Å². The van der Waals surface area contributed by atoms with Crippen LogP contribution in [-0.4, -0.2) is 63.8 Å². The van der Waals surface area contributed by atoms with E-state index in [0.717, 1.165) is 52.1 Å². The van der Waals surface area contributed by atoms with Crippen LogP contribution >= 0.6 is 0 Å². The number of hydrogen-bond acceptors (Lipinski definition) is 4. The van der Waals surface area contributed by atoms with Gasteiger partial charge in [-0.25, -0.2) is 0 Å². The smallest absolute Gasteiger partial charge is 0.220 e. The Balaban J connectivity index is 1.90. The van der Waals surface area contributed by atoms with Crippen molar-refractivity contribution in [3.8, 4) is 0 Å². The van der Waals surface area contributed by atoms with Gasteiger partial charge in [0.15, 0.2) is 0 Å². The van der Waals surface area contributed by atoms with E-state index in [1.165, 1.54) is 0 Å². The van der Waals surface area contributed by atoms with E-state index < -0.39 is 0 Å². The molecule has 5 nitrogen and oxygen atoms in total. The molecule has 0 radical (unpaired) electrons. The van der Waals surface area contributed by atoms with Crippen molar-refractivity contribution < 1.29 is 9.53 Å². The summed E-state index contributed by atoms with van der Waals surface area (Å²) in [4.78, 5) is 13.8. The Morgan fingerprint density at radius 3 is 2.82 bits per heavy atom. The molecule has 0 aromatic carbocycles. The van der Waals surface area contributed by atoms with Gasteiger partial charge < -0.3 is 20.3 Å². The number of nitrogens with zero attached hydrogens (tertiary/aromatic N) is 1. The Kier molecular flexibility index (Phi) is 7.96. The third-order valence-electron chi connectivity index (χ3n) is 2.94. The quantitative estimate of drug-likeness (QED) is 0.581. The van der Waals surface area contributed by atoms with Crippen LogP contribution < -0.4 is 10.6 Å². The second-order valence-electron chi connectivity index (χ2n) is 4.39. The van der Waals surface area contributed by atoms with E-state index in [1.807, 2.05) is 0 Å². The molecular formula is C12H25N3O2. The number of piperazine rings is 1. The van der Waals surface area contributed by atoms with Crippen molar-refractivity contribution in [2.24, 2.45) is 0 Å². The van der Waals surface area contributed by atoms with Gasteiger partial charge in [-0.3, -0.25) is 4.79 Å². The number of carbonyl (C=O) groups excluding carboxylic acids is 1. The van der Waals surface area contributed by atoms with Gasteiger partial charge in [-0.1, -0.05) is 0 Å². The number of hydrogen-bond donors (Lipinski definition) is 2. The van der Waals surface area contributed by atoms with Crippen molar-refractivity contribution >= 4 is 5.91 Å². The molecule has 0 unspecified atom stereocenters. The lowest BCUT2D eigenvalue weighted by atomic mass is 10.3. The zero-order chi connectivity index (χ0) is 12.3. The Morgan fingerprint density at radius 1 is 1.35 bits per heavy atom. The fourth-order valence-electron chi connectivity index (χ4n) is 1.93. The summed E-state index contributed by atoms with van der Waals surface area (Å²) in [5, 5.41) is 6.27. The number of carbonyl (C=O) groups is 1. The van der Waals surface area contributed by atoms with Gasteiger partial charge in [-0.2, -0.15) is 0 Å². The fourth-order valence-corrected chi connectivity index (χ4v) is 1.93. The lowest BCUT2D eigenvalue weighted by Crippen LogP contribution is -2.44. The molecule has 5 heteroatoms. The summed E-state index contributed by atoms with van der Waals surface area (Å²) in [5.74, 6) is 0.141. The topological polar surface area (TPSA) is 53.6 Å². The number of amides is 1. The molecule has 1 fully saturated rings. The first kappa shape index (κ1) is 14.4.